The maximum absolute atomic E-state index is 14.9. The van der Waals surface area contributed by atoms with E-state index in [0.717, 1.165) is 16.4 Å². The van der Waals surface area contributed by atoms with Gasteiger partial charge in [-0.15, -0.1) is 5.10 Å². The van der Waals surface area contributed by atoms with Gasteiger partial charge in [0.1, 0.15) is 17.7 Å². The second kappa shape index (κ2) is 9.30. The molecule has 0 spiro atoms. The Labute approximate surface area is 183 Å². The molecule has 0 saturated heterocycles. The average Bonchev–Trinajstić information content (AvgIpc) is 3.28. The third-order valence-electron chi connectivity index (χ3n) is 4.96. The second-order valence-electron chi connectivity index (χ2n) is 7.57. The van der Waals surface area contributed by atoms with E-state index in [2.05, 4.69) is 14.9 Å². The van der Waals surface area contributed by atoms with E-state index in [0.29, 0.717) is 6.42 Å². The van der Waals surface area contributed by atoms with Crippen molar-refractivity contribution in [2.75, 3.05) is 4.90 Å². The van der Waals surface area contributed by atoms with Crippen LogP contribution in [0.15, 0.2) is 53.9 Å². The highest BCUT2D eigenvalue weighted by Gasteiger charge is 2.38. The molecule has 0 bridgehead atoms. The highest BCUT2D eigenvalue weighted by molar-refractivity contribution is 7.03. The largest absolute Gasteiger partial charge is 0.349 e. The lowest BCUT2D eigenvalue weighted by Crippen LogP contribution is -2.51. The first-order valence-electron chi connectivity index (χ1n) is 9.66. The molecule has 6 nitrogen and oxygen atoms in total. The number of halogens is 2. The smallest absolute Gasteiger partial charge is 0.280 e. The molecule has 1 N–H and O–H groups in total. The van der Waals surface area contributed by atoms with Gasteiger partial charge in [-0.3, -0.25) is 14.5 Å². The van der Waals surface area contributed by atoms with Crippen molar-refractivity contribution < 1.29 is 18.4 Å². The number of rotatable bonds is 7. The number of amides is 2. The lowest BCUT2D eigenvalue weighted by molar-refractivity contribution is -0.124. The van der Waals surface area contributed by atoms with Gasteiger partial charge in [-0.1, -0.05) is 41.7 Å². The number of para-hydroxylation sites is 1. The molecule has 0 saturated carbocycles. The number of benzene rings is 2. The van der Waals surface area contributed by atoms with E-state index in [1.54, 1.807) is 6.07 Å². The lowest BCUT2D eigenvalue weighted by Gasteiger charge is -2.34. The van der Waals surface area contributed by atoms with Gasteiger partial charge in [-0.2, -0.15) is 0 Å². The van der Waals surface area contributed by atoms with Crippen molar-refractivity contribution in [2.24, 2.45) is 0 Å². The Morgan fingerprint density at radius 3 is 2.32 bits per heavy atom. The maximum Gasteiger partial charge on any atom is 0.280 e. The van der Waals surface area contributed by atoms with Gasteiger partial charge in [-0.25, -0.2) is 8.78 Å². The molecule has 3 aromatic rings. The molecule has 162 valence electrons. The molecule has 0 aliphatic heterocycles. The van der Waals surface area contributed by atoms with Gasteiger partial charge < -0.3 is 5.32 Å². The summed E-state index contributed by atoms with van der Waals surface area (Å²) in [7, 11) is 0. The first kappa shape index (κ1) is 22.5. The van der Waals surface area contributed by atoms with Gasteiger partial charge in [0.05, 0.1) is 5.69 Å². The zero-order valence-electron chi connectivity index (χ0n) is 17.3. The molecule has 0 aliphatic carbocycles. The van der Waals surface area contributed by atoms with Crippen LogP contribution in [0.5, 0.6) is 0 Å². The van der Waals surface area contributed by atoms with Crippen LogP contribution in [0.1, 0.15) is 49.3 Å². The molecular formula is C22H22F2N4O2S. The monoisotopic (exact) mass is 444 g/mol. The van der Waals surface area contributed by atoms with Crippen molar-refractivity contribution in [3.8, 4) is 0 Å². The SMILES string of the molecule is CCC(C)(C)NC(=O)[C@@H](c1ccccc1F)N(C(=O)c1csnn1)c1ccccc1F. The zero-order chi connectivity index (χ0) is 22.6. The molecule has 2 aromatic carbocycles. The van der Waals surface area contributed by atoms with Crippen LogP contribution in [-0.4, -0.2) is 26.9 Å². The summed E-state index contributed by atoms with van der Waals surface area (Å²) in [6.45, 7) is 5.50. The van der Waals surface area contributed by atoms with Crippen molar-refractivity contribution in [1.82, 2.24) is 14.9 Å². The van der Waals surface area contributed by atoms with E-state index in [9.17, 15) is 18.4 Å². The molecule has 1 heterocycles. The predicted octanol–water partition coefficient (Wildman–Crippen LogP) is 4.51. The van der Waals surface area contributed by atoms with Gasteiger partial charge in [0.2, 0.25) is 5.91 Å². The van der Waals surface area contributed by atoms with Gasteiger partial charge in [0.15, 0.2) is 5.69 Å². The predicted molar refractivity (Wildman–Crippen MR) is 115 cm³/mol. The number of hydrogen-bond acceptors (Lipinski definition) is 5. The summed E-state index contributed by atoms with van der Waals surface area (Å²) in [5.41, 5.74) is -0.936. The average molecular weight is 445 g/mol. The van der Waals surface area contributed by atoms with Crippen LogP contribution < -0.4 is 10.2 Å². The van der Waals surface area contributed by atoms with Crippen molar-refractivity contribution >= 4 is 29.0 Å². The van der Waals surface area contributed by atoms with Crippen molar-refractivity contribution in [1.29, 1.82) is 0 Å². The minimum atomic E-state index is -1.47. The molecular weight excluding hydrogens is 422 g/mol. The van der Waals surface area contributed by atoms with Crippen molar-refractivity contribution in [3.63, 3.8) is 0 Å². The van der Waals surface area contributed by atoms with Gasteiger partial charge in [0, 0.05) is 16.5 Å². The normalized spacial score (nSPS) is 12.3. The van der Waals surface area contributed by atoms with Crippen LogP contribution in [0.4, 0.5) is 14.5 Å². The summed E-state index contributed by atoms with van der Waals surface area (Å²) in [5, 5.41) is 8.01. The Balaban J connectivity index is 2.22. The Hall–Kier alpha value is -3.20. The maximum atomic E-state index is 14.9. The summed E-state index contributed by atoms with van der Waals surface area (Å²) in [5.74, 6) is -2.83. The van der Waals surface area contributed by atoms with E-state index in [1.807, 2.05) is 20.8 Å². The number of anilines is 1. The second-order valence-corrected chi connectivity index (χ2v) is 8.18. The van der Waals surface area contributed by atoms with Crippen LogP contribution in [-0.2, 0) is 4.79 Å². The molecule has 0 unspecified atom stereocenters. The summed E-state index contributed by atoms with van der Waals surface area (Å²) >= 11 is 0.940. The van der Waals surface area contributed by atoms with Gasteiger partial charge >= 0.3 is 0 Å². The highest BCUT2D eigenvalue weighted by atomic mass is 32.1. The van der Waals surface area contributed by atoms with Crippen LogP contribution in [0.2, 0.25) is 0 Å². The summed E-state index contributed by atoms with van der Waals surface area (Å²) in [6.07, 6.45) is 0.590. The minimum absolute atomic E-state index is 0.0632. The first-order chi connectivity index (χ1) is 14.7. The summed E-state index contributed by atoms with van der Waals surface area (Å²) < 4.78 is 33.4. The van der Waals surface area contributed by atoms with Crippen LogP contribution in [0, 0.1) is 11.6 Å². The number of nitrogens with zero attached hydrogens (tertiary/aromatic N) is 3. The van der Waals surface area contributed by atoms with E-state index in [4.69, 9.17) is 0 Å². The van der Waals surface area contributed by atoms with E-state index < -0.39 is 35.0 Å². The molecule has 31 heavy (non-hydrogen) atoms. The third kappa shape index (κ3) is 4.93. The van der Waals surface area contributed by atoms with E-state index in [1.165, 1.54) is 47.8 Å². The molecule has 3 rings (SSSR count). The molecule has 1 aromatic heterocycles. The number of hydrogen-bond donors (Lipinski definition) is 1. The van der Waals surface area contributed by atoms with Crippen LogP contribution in [0.25, 0.3) is 0 Å². The molecule has 9 heteroatoms. The Kier molecular flexibility index (Phi) is 6.74. The van der Waals surface area contributed by atoms with Gasteiger partial charge in [-0.05, 0) is 50.0 Å². The summed E-state index contributed by atoms with van der Waals surface area (Å²) in [4.78, 5) is 27.8. The van der Waals surface area contributed by atoms with Crippen molar-refractivity contribution in [3.05, 3.63) is 76.8 Å². The number of nitrogens with one attached hydrogen (secondary N) is 1. The van der Waals surface area contributed by atoms with Gasteiger partial charge in [0.25, 0.3) is 5.91 Å². The highest BCUT2D eigenvalue weighted by Crippen LogP contribution is 2.33. The Morgan fingerprint density at radius 2 is 1.74 bits per heavy atom. The van der Waals surface area contributed by atoms with Crippen LogP contribution in [0.3, 0.4) is 0 Å². The topological polar surface area (TPSA) is 75.2 Å². The van der Waals surface area contributed by atoms with E-state index in [-0.39, 0.29) is 16.9 Å². The molecule has 1 atom stereocenters. The standard InChI is InChI=1S/C22H22F2N4O2S/c1-4-22(2,3)25-20(29)19(14-9-5-6-10-15(14)23)28(18-12-8-7-11-16(18)24)21(30)17-13-31-27-26-17/h5-13,19H,4H2,1-3H3,(H,25,29)/t19-/m1/s1. The van der Waals surface area contributed by atoms with Crippen LogP contribution >= 0.6 is 11.5 Å². The fourth-order valence-electron chi connectivity index (χ4n) is 2.98. The number of carbonyl (C=O) groups excluding carboxylic acids is 2. The number of carbonyl (C=O) groups is 2. The molecule has 0 aliphatic rings. The number of aromatic nitrogens is 2. The molecule has 2 amide bonds. The summed E-state index contributed by atoms with van der Waals surface area (Å²) in [6, 6.07) is 9.67. The minimum Gasteiger partial charge on any atom is -0.349 e. The molecule has 0 fully saturated rings. The quantitative estimate of drug-likeness (QED) is 0.582. The zero-order valence-corrected chi connectivity index (χ0v) is 18.1. The fraction of sp³-hybridized carbons (Fsp3) is 0.273. The lowest BCUT2D eigenvalue weighted by atomic mass is 9.97. The Bertz CT molecular complexity index is 1070. The van der Waals surface area contributed by atoms with E-state index >= 15 is 0 Å². The fourth-order valence-corrected chi connectivity index (χ4v) is 3.41. The molecule has 0 radical (unpaired) electrons. The Morgan fingerprint density at radius 1 is 1.10 bits per heavy atom. The first-order valence-corrected chi connectivity index (χ1v) is 10.5. The third-order valence-corrected chi connectivity index (χ3v) is 5.47. The van der Waals surface area contributed by atoms with Crippen molar-refractivity contribution in [2.45, 2.75) is 38.8 Å².